The Balaban J connectivity index is 2.52. The molecule has 0 aliphatic heterocycles. The molecular formula is C11H20N4O. The number of nitrogens with zero attached hydrogens (tertiary/aromatic N) is 2. The Morgan fingerprint density at radius 3 is 2.94 bits per heavy atom. The zero-order chi connectivity index (χ0) is 12.0. The van der Waals surface area contributed by atoms with E-state index < -0.39 is 0 Å². The molecule has 0 fully saturated rings. The van der Waals surface area contributed by atoms with Crippen LogP contribution in [0.2, 0.25) is 0 Å². The fourth-order valence-corrected chi connectivity index (χ4v) is 1.53. The number of rotatable bonds is 6. The summed E-state index contributed by atoms with van der Waals surface area (Å²) in [7, 11) is 1.80. The first kappa shape index (κ1) is 12.7. The van der Waals surface area contributed by atoms with Crippen LogP contribution in [0.15, 0.2) is 12.4 Å². The van der Waals surface area contributed by atoms with Crippen molar-refractivity contribution in [1.29, 1.82) is 0 Å². The summed E-state index contributed by atoms with van der Waals surface area (Å²) < 4.78 is 1.70. The Labute approximate surface area is 96.0 Å². The number of hydrogen-bond donors (Lipinski definition) is 2. The summed E-state index contributed by atoms with van der Waals surface area (Å²) in [5.41, 5.74) is 5.61. The Kier molecular flexibility index (Phi) is 4.98. The van der Waals surface area contributed by atoms with E-state index in [1.807, 2.05) is 0 Å². The van der Waals surface area contributed by atoms with Crippen molar-refractivity contribution >= 4 is 5.91 Å². The molecule has 1 amide bonds. The second kappa shape index (κ2) is 6.27. The van der Waals surface area contributed by atoms with Gasteiger partial charge in [0, 0.05) is 32.0 Å². The van der Waals surface area contributed by atoms with Crippen molar-refractivity contribution in [2.45, 2.75) is 32.2 Å². The van der Waals surface area contributed by atoms with Crippen LogP contribution in [0.25, 0.3) is 0 Å². The van der Waals surface area contributed by atoms with Crippen LogP contribution in [-0.4, -0.2) is 28.0 Å². The Morgan fingerprint density at radius 1 is 1.69 bits per heavy atom. The van der Waals surface area contributed by atoms with Crippen molar-refractivity contribution < 1.29 is 4.79 Å². The number of unbranched alkanes of at least 4 members (excludes halogenated alkanes) is 1. The minimum atomic E-state index is -0.154. The lowest BCUT2D eigenvalue weighted by atomic mass is 10.1. The maximum Gasteiger partial charge on any atom is 0.287 e. The second-order valence-corrected chi connectivity index (χ2v) is 3.91. The third kappa shape index (κ3) is 3.34. The average molecular weight is 224 g/mol. The molecule has 1 heterocycles. The number of hydrogen-bond acceptors (Lipinski definition) is 3. The highest BCUT2D eigenvalue weighted by molar-refractivity contribution is 5.90. The van der Waals surface area contributed by atoms with E-state index in [9.17, 15) is 4.79 Å². The molecule has 1 atom stereocenters. The van der Waals surface area contributed by atoms with Crippen LogP contribution in [0.5, 0.6) is 0 Å². The predicted octanol–water partition coefficient (Wildman–Crippen LogP) is 0.667. The number of amides is 1. The quantitative estimate of drug-likeness (QED) is 0.746. The van der Waals surface area contributed by atoms with Crippen LogP contribution in [0.1, 0.15) is 36.8 Å². The number of nitrogens with two attached hydrogens (primary N) is 1. The number of aryl methyl sites for hydroxylation is 1. The van der Waals surface area contributed by atoms with Crippen LogP contribution in [0.3, 0.4) is 0 Å². The standard InChI is InChI=1S/C11H20N4O/c1-3-4-5-9(8-12)14-11(16)10-13-6-7-15(10)2/h6-7,9H,3-5,8,12H2,1-2H3,(H,14,16). The van der Waals surface area contributed by atoms with Crippen LogP contribution in [0.4, 0.5) is 0 Å². The fourth-order valence-electron chi connectivity index (χ4n) is 1.53. The van der Waals surface area contributed by atoms with Gasteiger partial charge in [-0.1, -0.05) is 19.8 Å². The normalized spacial score (nSPS) is 12.4. The highest BCUT2D eigenvalue weighted by Crippen LogP contribution is 2.01. The molecule has 0 aliphatic rings. The number of imidazole rings is 1. The van der Waals surface area contributed by atoms with Gasteiger partial charge in [-0.3, -0.25) is 4.79 Å². The molecule has 1 aromatic heterocycles. The van der Waals surface area contributed by atoms with Crippen LogP contribution in [-0.2, 0) is 7.05 Å². The molecule has 0 spiro atoms. The van der Waals surface area contributed by atoms with E-state index in [1.165, 1.54) is 0 Å². The first-order chi connectivity index (χ1) is 7.69. The molecule has 90 valence electrons. The summed E-state index contributed by atoms with van der Waals surface area (Å²) in [4.78, 5) is 15.8. The molecule has 0 aliphatic carbocycles. The topological polar surface area (TPSA) is 72.9 Å². The lowest BCUT2D eigenvalue weighted by molar-refractivity contribution is 0.0922. The molecule has 0 bridgehead atoms. The van der Waals surface area contributed by atoms with Crippen molar-refractivity contribution in [3.8, 4) is 0 Å². The van der Waals surface area contributed by atoms with Gasteiger partial charge >= 0.3 is 0 Å². The molecule has 5 heteroatoms. The number of carbonyl (C=O) groups is 1. The van der Waals surface area contributed by atoms with E-state index >= 15 is 0 Å². The summed E-state index contributed by atoms with van der Waals surface area (Å²) in [5.74, 6) is 0.272. The van der Waals surface area contributed by atoms with Gasteiger partial charge < -0.3 is 15.6 Å². The Morgan fingerprint density at radius 2 is 2.44 bits per heavy atom. The lowest BCUT2D eigenvalue weighted by Gasteiger charge is -2.15. The third-order valence-electron chi connectivity index (χ3n) is 2.55. The van der Waals surface area contributed by atoms with E-state index in [1.54, 1.807) is 24.0 Å². The number of nitrogens with one attached hydrogen (secondary N) is 1. The van der Waals surface area contributed by atoms with Gasteiger partial charge in [-0.15, -0.1) is 0 Å². The van der Waals surface area contributed by atoms with Gasteiger partial charge in [-0.05, 0) is 6.42 Å². The van der Waals surface area contributed by atoms with E-state index in [-0.39, 0.29) is 11.9 Å². The van der Waals surface area contributed by atoms with Crippen molar-refractivity contribution in [3.05, 3.63) is 18.2 Å². The molecule has 1 rings (SSSR count). The Hall–Kier alpha value is -1.36. The number of carbonyl (C=O) groups excluding carboxylic acids is 1. The number of aromatic nitrogens is 2. The summed E-state index contributed by atoms with van der Waals surface area (Å²) in [6, 6.07) is 0.0455. The summed E-state index contributed by atoms with van der Waals surface area (Å²) in [5, 5.41) is 2.90. The molecule has 0 aromatic carbocycles. The van der Waals surface area contributed by atoms with Gasteiger partial charge in [0.25, 0.3) is 5.91 Å². The summed E-state index contributed by atoms with van der Waals surface area (Å²) >= 11 is 0. The van der Waals surface area contributed by atoms with Crippen LogP contribution >= 0.6 is 0 Å². The minimum absolute atomic E-state index is 0.0455. The maximum atomic E-state index is 11.8. The van der Waals surface area contributed by atoms with Gasteiger partial charge in [-0.2, -0.15) is 0 Å². The zero-order valence-electron chi connectivity index (χ0n) is 9.94. The third-order valence-corrected chi connectivity index (χ3v) is 2.55. The monoisotopic (exact) mass is 224 g/mol. The molecule has 0 radical (unpaired) electrons. The average Bonchev–Trinajstić information content (AvgIpc) is 2.70. The van der Waals surface area contributed by atoms with E-state index in [4.69, 9.17) is 5.73 Å². The van der Waals surface area contributed by atoms with Gasteiger partial charge in [0.05, 0.1) is 0 Å². The van der Waals surface area contributed by atoms with E-state index in [0.717, 1.165) is 19.3 Å². The first-order valence-electron chi connectivity index (χ1n) is 5.67. The SMILES string of the molecule is CCCCC(CN)NC(=O)c1nccn1C. The maximum absolute atomic E-state index is 11.8. The van der Waals surface area contributed by atoms with Crippen molar-refractivity contribution in [2.24, 2.45) is 12.8 Å². The summed E-state index contributed by atoms with van der Waals surface area (Å²) in [6.45, 7) is 2.59. The molecule has 3 N–H and O–H groups in total. The van der Waals surface area contributed by atoms with Crippen molar-refractivity contribution in [1.82, 2.24) is 14.9 Å². The highest BCUT2D eigenvalue weighted by atomic mass is 16.2. The van der Waals surface area contributed by atoms with Crippen LogP contribution in [0, 0.1) is 0 Å². The van der Waals surface area contributed by atoms with Gasteiger partial charge in [-0.25, -0.2) is 4.98 Å². The fraction of sp³-hybridized carbons (Fsp3) is 0.636. The van der Waals surface area contributed by atoms with Gasteiger partial charge in [0.15, 0.2) is 5.82 Å². The molecule has 16 heavy (non-hydrogen) atoms. The smallest absolute Gasteiger partial charge is 0.287 e. The van der Waals surface area contributed by atoms with Gasteiger partial charge in [0.1, 0.15) is 0 Å². The Bertz CT molecular complexity index is 334. The molecule has 1 aromatic rings. The van der Waals surface area contributed by atoms with E-state index in [2.05, 4.69) is 17.2 Å². The highest BCUT2D eigenvalue weighted by Gasteiger charge is 2.14. The summed E-state index contributed by atoms with van der Waals surface area (Å²) in [6.07, 6.45) is 6.46. The second-order valence-electron chi connectivity index (χ2n) is 3.91. The largest absolute Gasteiger partial charge is 0.345 e. The van der Waals surface area contributed by atoms with Crippen molar-refractivity contribution in [3.63, 3.8) is 0 Å². The zero-order valence-corrected chi connectivity index (χ0v) is 9.94. The lowest BCUT2D eigenvalue weighted by Crippen LogP contribution is -2.41. The van der Waals surface area contributed by atoms with Crippen molar-refractivity contribution in [2.75, 3.05) is 6.54 Å². The van der Waals surface area contributed by atoms with Gasteiger partial charge in [0.2, 0.25) is 0 Å². The first-order valence-corrected chi connectivity index (χ1v) is 5.67. The predicted molar refractivity (Wildman–Crippen MR) is 63.0 cm³/mol. The minimum Gasteiger partial charge on any atom is -0.345 e. The molecule has 0 saturated heterocycles. The van der Waals surface area contributed by atoms with E-state index in [0.29, 0.717) is 12.4 Å². The molecule has 1 unspecified atom stereocenters. The molecule has 0 saturated carbocycles. The van der Waals surface area contributed by atoms with Crippen LogP contribution < -0.4 is 11.1 Å². The molecule has 5 nitrogen and oxygen atoms in total. The molecular weight excluding hydrogens is 204 g/mol.